The van der Waals surface area contributed by atoms with E-state index in [1.807, 2.05) is 6.07 Å². The number of methoxy groups -OCH3 is 2. The van der Waals surface area contributed by atoms with E-state index in [1.165, 1.54) is 4.57 Å². The molecule has 0 aliphatic rings. The second-order valence-electron chi connectivity index (χ2n) is 12.1. The summed E-state index contributed by atoms with van der Waals surface area (Å²) in [5, 5.41) is 10.4. The molecule has 6 rings (SSSR count). The lowest BCUT2D eigenvalue weighted by Crippen LogP contribution is -2.14. The number of rotatable bonds is 9. The second kappa shape index (κ2) is 18.9. The number of benzene rings is 4. The molecule has 0 unspecified atom stereocenters. The van der Waals surface area contributed by atoms with E-state index in [4.69, 9.17) is 44.3 Å². The van der Waals surface area contributed by atoms with Crippen LogP contribution in [0.3, 0.4) is 0 Å². The van der Waals surface area contributed by atoms with Crippen LogP contribution in [-0.2, 0) is 32.0 Å². The molecule has 2 heterocycles. The molecular weight excluding hydrogens is 806 g/mol. The van der Waals surface area contributed by atoms with Gasteiger partial charge >= 0.3 is 5.97 Å². The lowest BCUT2D eigenvalue weighted by molar-refractivity contribution is -0.136. The van der Waals surface area contributed by atoms with Crippen molar-refractivity contribution in [1.29, 1.82) is 0 Å². The third-order valence-electron chi connectivity index (χ3n) is 8.59. The van der Waals surface area contributed by atoms with Crippen molar-refractivity contribution in [2.45, 2.75) is 33.6 Å². The first kappa shape index (κ1) is 43.3. The Morgan fingerprint density at radius 3 is 1.27 bits per heavy atom. The highest BCUT2D eigenvalue weighted by Gasteiger charge is 2.23. The number of Topliss-reactive ketones (excluding diaryl/α,β-unsaturated/α-hetero) is 1. The summed E-state index contributed by atoms with van der Waals surface area (Å²) in [5.41, 5.74) is 4.93. The van der Waals surface area contributed by atoms with Gasteiger partial charge in [-0.3, -0.25) is 37.9 Å². The molecule has 1 N–H and O–H groups in total. The maximum Gasteiger partial charge on any atom is 0.307 e. The number of carbonyl (C=O) groups is 6. The van der Waals surface area contributed by atoms with Gasteiger partial charge in [-0.15, -0.1) is 0 Å². The van der Waals surface area contributed by atoms with E-state index < -0.39 is 22.2 Å². The first-order chi connectivity index (χ1) is 26.5. The Balaban J connectivity index is 0.000000217. The van der Waals surface area contributed by atoms with Crippen molar-refractivity contribution in [1.82, 2.24) is 9.13 Å². The van der Waals surface area contributed by atoms with Gasteiger partial charge in [0.25, 0.3) is 17.1 Å². The molecule has 0 saturated heterocycles. The molecule has 0 aliphatic heterocycles. The van der Waals surface area contributed by atoms with E-state index in [-0.39, 0.29) is 24.7 Å². The van der Waals surface area contributed by atoms with Crippen molar-refractivity contribution < 1.29 is 43.3 Å². The number of carboxylic acid groups (broad SMARTS) is 1. The summed E-state index contributed by atoms with van der Waals surface area (Å²) < 4.78 is 13.6. The van der Waals surface area contributed by atoms with Crippen molar-refractivity contribution in [2.75, 3.05) is 14.2 Å². The quantitative estimate of drug-likeness (QED) is 0.111. The minimum atomic E-state index is -0.955. The maximum atomic E-state index is 13.0. The first-order valence-electron chi connectivity index (χ1n) is 16.6. The monoisotopic (exact) mass is 838 g/mol. The third kappa shape index (κ3) is 10.0. The summed E-state index contributed by atoms with van der Waals surface area (Å²) in [6.07, 6.45) is -0.131. The SMILES string of the molecule is CC(=O)C(=O)Cl.COc1ccc2c(c1)c(CC(=O)Cl)c(C)n2C(=O)c1ccc(Cl)cc1.COc1ccc2c(c1)c(CC(=O)O)c(C)n2C(=O)c1ccc(Cl)cc1. The average molecular weight is 841 g/mol. The molecule has 0 bridgehead atoms. The highest BCUT2D eigenvalue weighted by molar-refractivity contribution is 6.80. The average Bonchev–Trinajstić information content (AvgIpc) is 3.59. The maximum absolute atomic E-state index is 13.0. The highest BCUT2D eigenvalue weighted by atomic mass is 35.5. The fourth-order valence-electron chi connectivity index (χ4n) is 5.88. The minimum absolute atomic E-state index is 0.0396. The van der Waals surface area contributed by atoms with Crippen molar-refractivity contribution >= 4 is 102 Å². The summed E-state index contributed by atoms with van der Waals surface area (Å²) in [4.78, 5) is 68.0. The Bertz CT molecular complexity index is 2310. The highest BCUT2D eigenvalue weighted by Crippen LogP contribution is 2.32. The van der Waals surface area contributed by atoms with E-state index in [0.717, 1.165) is 17.9 Å². The van der Waals surface area contributed by atoms with Crippen molar-refractivity contribution in [3.63, 3.8) is 0 Å². The van der Waals surface area contributed by atoms with E-state index in [1.54, 1.807) is 111 Å². The van der Waals surface area contributed by atoms with Crippen LogP contribution in [0.4, 0.5) is 0 Å². The number of ether oxygens (including phenoxy) is 2. The summed E-state index contributed by atoms with van der Waals surface area (Å²) in [6, 6.07) is 23.9. The second-order valence-corrected chi connectivity index (χ2v) is 13.8. The Labute approximate surface area is 341 Å². The molecule has 0 atom stereocenters. The Hall–Kier alpha value is -5.46. The zero-order chi connectivity index (χ0) is 41.4. The molecule has 0 fully saturated rings. The van der Waals surface area contributed by atoms with Gasteiger partial charge < -0.3 is 14.6 Å². The van der Waals surface area contributed by atoms with E-state index in [9.17, 15) is 33.9 Å². The number of aliphatic carboxylic acids is 1. The molecule has 56 heavy (non-hydrogen) atoms. The Morgan fingerprint density at radius 1 is 0.607 bits per heavy atom. The van der Waals surface area contributed by atoms with Crippen LogP contribution in [-0.4, -0.2) is 62.5 Å². The molecule has 0 saturated carbocycles. The normalized spacial score (nSPS) is 10.5. The zero-order valence-corrected chi connectivity index (χ0v) is 33.6. The molecule has 2 aromatic heterocycles. The molecule has 0 radical (unpaired) electrons. The summed E-state index contributed by atoms with van der Waals surface area (Å²) in [6.45, 7) is 4.67. The van der Waals surface area contributed by atoms with Crippen molar-refractivity contribution in [3.8, 4) is 11.5 Å². The molecule has 0 aliphatic carbocycles. The van der Waals surface area contributed by atoms with Crippen LogP contribution in [0, 0.1) is 13.8 Å². The van der Waals surface area contributed by atoms with Gasteiger partial charge in [0.2, 0.25) is 11.0 Å². The van der Waals surface area contributed by atoms with Crippen LogP contribution in [0.15, 0.2) is 84.9 Å². The largest absolute Gasteiger partial charge is 0.497 e. The number of fused-ring (bicyclic) bond motifs is 2. The van der Waals surface area contributed by atoms with E-state index in [2.05, 4.69) is 11.6 Å². The van der Waals surface area contributed by atoms with Gasteiger partial charge in [-0.2, -0.15) is 0 Å². The van der Waals surface area contributed by atoms with Crippen molar-refractivity contribution in [3.05, 3.63) is 129 Å². The number of carbonyl (C=O) groups excluding carboxylic acids is 5. The van der Waals surface area contributed by atoms with Gasteiger partial charge in [-0.25, -0.2) is 0 Å². The Morgan fingerprint density at radius 2 is 0.964 bits per heavy atom. The number of nitrogens with zero attached hydrogens (tertiary/aromatic N) is 2. The number of hydrogen-bond donors (Lipinski definition) is 1. The molecular formula is C41H34Cl4N2O9. The predicted octanol–water partition coefficient (Wildman–Crippen LogP) is 8.88. The first-order valence-corrected chi connectivity index (χ1v) is 18.1. The number of hydrogen-bond acceptors (Lipinski definition) is 8. The molecule has 6 aromatic rings. The predicted molar refractivity (Wildman–Crippen MR) is 216 cm³/mol. The van der Waals surface area contributed by atoms with Gasteiger partial charge in [-0.05, 0) is 133 Å². The molecule has 0 amide bonds. The van der Waals surface area contributed by atoms with E-state index in [0.29, 0.717) is 66.0 Å². The van der Waals surface area contributed by atoms with Crippen LogP contribution in [0.5, 0.6) is 11.5 Å². The van der Waals surface area contributed by atoms with Gasteiger partial charge in [0.1, 0.15) is 11.5 Å². The molecule has 0 spiro atoms. The van der Waals surface area contributed by atoms with Gasteiger partial charge in [0.15, 0.2) is 0 Å². The molecule has 11 nitrogen and oxygen atoms in total. The fourth-order valence-corrected chi connectivity index (χ4v) is 6.27. The number of ketones is 1. The van der Waals surface area contributed by atoms with Crippen LogP contribution in [0.25, 0.3) is 21.8 Å². The lowest BCUT2D eigenvalue weighted by atomic mass is 10.1. The molecule has 15 heteroatoms. The Kier molecular flexibility index (Phi) is 14.6. The number of carboxylic acids is 1. The van der Waals surface area contributed by atoms with Gasteiger partial charge in [0.05, 0.1) is 31.7 Å². The summed E-state index contributed by atoms with van der Waals surface area (Å²) in [7, 11) is 3.11. The summed E-state index contributed by atoms with van der Waals surface area (Å²) >= 11 is 22.0. The molecule has 4 aromatic carbocycles. The standard InChI is InChI=1S/C19H15Cl2NO3.C19H16ClNO4.C3H3ClO2/c1-11-15(10-18(21)23)16-9-14(25-2)7-8-17(16)22(11)19(24)12-3-5-13(20)6-4-12;1-11-15(10-18(22)23)16-9-14(25-2)7-8-17(16)21(11)19(24)12-3-5-13(20)6-4-12;1-2(5)3(4)6/h3-9H,10H2,1-2H3;3-9H,10H2,1-2H3,(H,22,23);1H3. The minimum Gasteiger partial charge on any atom is -0.497 e. The van der Waals surface area contributed by atoms with Gasteiger partial charge in [0, 0.05) is 56.7 Å². The number of aromatic nitrogens is 2. The van der Waals surface area contributed by atoms with E-state index >= 15 is 0 Å². The number of halogens is 4. The molecule has 290 valence electrons. The topological polar surface area (TPSA) is 151 Å². The van der Waals surface area contributed by atoms with Crippen molar-refractivity contribution in [2.24, 2.45) is 0 Å². The third-order valence-corrected chi connectivity index (χ3v) is 9.50. The van der Waals surface area contributed by atoms with Crippen LogP contribution < -0.4 is 9.47 Å². The smallest absolute Gasteiger partial charge is 0.307 e. The van der Waals surface area contributed by atoms with Crippen LogP contribution >= 0.6 is 46.4 Å². The van der Waals surface area contributed by atoms with Crippen LogP contribution in [0.2, 0.25) is 10.0 Å². The van der Waals surface area contributed by atoms with Crippen LogP contribution in [0.1, 0.15) is 50.2 Å². The summed E-state index contributed by atoms with van der Waals surface area (Å²) in [5.74, 6) is -0.749. The lowest BCUT2D eigenvalue weighted by Gasteiger charge is -2.08. The van der Waals surface area contributed by atoms with Gasteiger partial charge in [-0.1, -0.05) is 23.2 Å². The fraction of sp³-hybridized carbons (Fsp3) is 0.171. The zero-order valence-electron chi connectivity index (χ0n) is 30.6.